The fourth-order valence-electron chi connectivity index (χ4n) is 3.73. The van der Waals surface area contributed by atoms with Gasteiger partial charge in [0.15, 0.2) is 0 Å². The summed E-state index contributed by atoms with van der Waals surface area (Å²) in [5.41, 5.74) is 1.40. The van der Waals surface area contributed by atoms with Crippen molar-refractivity contribution in [3.63, 3.8) is 0 Å². The van der Waals surface area contributed by atoms with Gasteiger partial charge in [0.05, 0.1) is 0 Å². The molecule has 1 fully saturated rings. The average Bonchev–Trinajstić information content (AvgIpc) is 3.20. The second-order valence-corrected chi connectivity index (χ2v) is 7.80. The summed E-state index contributed by atoms with van der Waals surface area (Å²) in [4.78, 5) is 23.5. The Balaban J connectivity index is 1.47. The molecule has 0 bridgehead atoms. The summed E-state index contributed by atoms with van der Waals surface area (Å²) in [7, 11) is 1.98. The van der Waals surface area contributed by atoms with Gasteiger partial charge in [-0.2, -0.15) is 13.2 Å². The third-order valence-corrected chi connectivity index (χ3v) is 5.51. The predicted octanol–water partition coefficient (Wildman–Crippen LogP) is 3.90. The zero-order valence-electron chi connectivity index (χ0n) is 17.2. The molecule has 2 aromatic heterocycles. The van der Waals surface area contributed by atoms with Crippen LogP contribution in [-0.2, 0) is 17.4 Å². The lowest BCUT2D eigenvalue weighted by Gasteiger charge is -2.34. The summed E-state index contributed by atoms with van der Waals surface area (Å²) >= 11 is 0. The fourth-order valence-corrected chi connectivity index (χ4v) is 3.73. The maximum atomic E-state index is 13.2. The minimum Gasteiger partial charge on any atom is -0.361 e. The molecule has 31 heavy (non-hydrogen) atoms. The molecule has 6 nitrogen and oxygen atoms in total. The number of fused-ring (bicyclic) bond motifs is 1. The van der Waals surface area contributed by atoms with Gasteiger partial charge in [-0.15, -0.1) is 0 Å². The maximum absolute atomic E-state index is 13.2. The number of nitrogens with one attached hydrogen (secondary N) is 2. The van der Waals surface area contributed by atoms with E-state index in [-0.39, 0.29) is 12.3 Å². The zero-order chi connectivity index (χ0) is 22.0. The minimum absolute atomic E-state index is 0.152. The average molecular weight is 431 g/mol. The Morgan fingerprint density at radius 3 is 2.65 bits per heavy atom. The first-order valence-corrected chi connectivity index (χ1v) is 10.2. The molecular formula is C22H24F3N5O. The lowest BCUT2D eigenvalue weighted by atomic mass is 10.1. The number of amides is 1. The third kappa shape index (κ3) is 4.99. The number of halogens is 3. The number of carbonyl (C=O) groups excluding carboxylic acids is 1. The first-order valence-electron chi connectivity index (χ1n) is 10.2. The highest BCUT2D eigenvalue weighted by atomic mass is 19.4. The Morgan fingerprint density at radius 2 is 1.90 bits per heavy atom. The molecule has 0 saturated carbocycles. The predicted molar refractivity (Wildman–Crippen MR) is 114 cm³/mol. The molecule has 164 valence electrons. The largest absolute Gasteiger partial charge is 0.433 e. The summed E-state index contributed by atoms with van der Waals surface area (Å²) < 4.78 is 39.7. The van der Waals surface area contributed by atoms with Crippen LogP contribution >= 0.6 is 0 Å². The number of hydrogen-bond donors (Lipinski definition) is 2. The van der Waals surface area contributed by atoms with Crippen molar-refractivity contribution in [2.24, 2.45) is 0 Å². The van der Waals surface area contributed by atoms with Crippen LogP contribution in [0.5, 0.6) is 0 Å². The van der Waals surface area contributed by atoms with E-state index in [9.17, 15) is 18.0 Å². The van der Waals surface area contributed by atoms with Gasteiger partial charge >= 0.3 is 6.18 Å². The van der Waals surface area contributed by atoms with Crippen LogP contribution < -0.4 is 10.2 Å². The number of anilines is 2. The molecule has 0 atom stereocenters. The molecule has 3 heterocycles. The van der Waals surface area contributed by atoms with Gasteiger partial charge in [-0.1, -0.05) is 6.07 Å². The van der Waals surface area contributed by atoms with Crippen LogP contribution in [0.4, 0.5) is 24.7 Å². The van der Waals surface area contributed by atoms with Crippen LogP contribution in [0.15, 0.2) is 42.6 Å². The van der Waals surface area contributed by atoms with Gasteiger partial charge in [0.1, 0.15) is 11.5 Å². The molecule has 0 radical (unpaired) electrons. The summed E-state index contributed by atoms with van der Waals surface area (Å²) in [5.74, 6) is 0.128. The number of hydrogen-bond acceptors (Lipinski definition) is 4. The van der Waals surface area contributed by atoms with Gasteiger partial charge in [-0.3, -0.25) is 4.79 Å². The molecule has 1 amide bonds. The lowest BCUT2D eigenvalue weighted by Crippen LogP contribution is -2.45. The standard InChI is InChI=1S/C22H24F3N5O/c1-29-10-12-30(13-11-29)21-15(2-6-19(28-21)22(23,24)25)3-7-20(31)27-17-4-5-18-16(14-17)8-9-26-18/h2,4-6,8-9,14,26H,3,7,10-13H2,1H3,(H,27,31). The van der Waals surface area contributed by atoms with Gasteiger partial charge in [0, 0.05) is 55.4 Å². The second kappa shape index (κ2) is 8.58. The Kier molecular flexibility index (Phi) is 5.86. The van der Waals surface area contributed by atoms with Crippen molar-refractivity contribution in [3.05, 3.63) is 53.9 Å². The van der Waals surface area contributed by atoms with Crippen LogP contribution in [0.1, 0.15) is 17.7 Å². The van der Waals surface area contributed by atoms with Gasteiger partial charge in [-0.25, -0.2) is 4.98 Å². The van der Waals surface area contributed by atoms with Gasteiger partial charge in [-0.05, 0) is 49.4 Å². The van der Waals surface area contributed by atoms with E-state index in [2.05, 4.69) is 20.2 Å². The van der Waals surface area contributed by atoms with Crippen molar-refractivity contribution < 1.29 is 18.0 Å². The summed E-state index contributed by atoms with van der Waals surface area (Å²) in [6.07, 6.45) is -2.22. The molecule has 1 aliphatic heterocycles. The van der Waals surface area contributed by atoms with Gasteiger partial charge in [0.25, 0.3) is 0 Å². The van der Waals surface area contributed by atoms with E-state index in [0.29, 0.717) is 36.6 Å². The lowest BCUT2D eigenvalue weighted by molar-refractivity contribution is -0.141. The minimum atomic E-state index is -4.51. The van der Waals surface area contributed by atoms with E-state index in [1.54, 1.807) is 0 Å². The number of alkyl halides is 3. The molecule has 2 N–H and O–H groups in total. The Labute approximate surface area is 178 Å². The number of rotatable bonds is 5. The number of nitrogens with zero attached hydrogens (tertiary/aromatic N) is 3. The van der Waals surface area contributed by atoms with Gasteiger partial charge < -0.3 is 20.1 Å². The van der Waals surface area contributed by atoms with Crippen molar-refractivity contribution in [3.8, 4) is 0 Å². The number of carbonyl (C=O) groups is 1. The molecule has 0 spiro atoms. The van der Waals surface area contributed by atoms with E-state index >= 15 is 0 Å². The van der Waals surface area contributed by atoms with Crippen molar-refractivity contribution in [2.75, 3.05) is 43.4 Å². The van der Waals surface area contributed by atoms with Crippen molar-refractivity contribution in [1.82, 2.24) is 14.9 Å². The van der Waals surface area contributed by atoms with E-state index in [1.807, 2.05) is 42.4 Å². The Bertz CT molecular complexity index is 1070. The van der Waals surface area contributed by atoms with Crippen LogP contribution in [0.3, 0.4) is 0 Å². The highest BCUT2D eigenvalue weighted by molar-refractivity contribution is 5.93. The molecule has 0 aliphatic carbocycles. The van der Waals surface area contributed by atoms with E-state index < -0.39 is 11.9 Å². The highest BCUT2D eigenvalue weighted by Gasteiger charge is 2.34. The smallest absolute Gasteiger partial charge is 0.361 e. The topological polar surface area (TPSA) is 64.3 Å². The molecule has 1 aromatic carbocycles. The number of likely N-dealkylation sites (N-methyl/N-ethyl adjacent to an activating group) is 1. The number of aromatic amines is 1. The SMILES string of the molecule is CN1CCN(c2nc(C(F)(F)F)ccc2CCC(=O)Nc2ccc3[nH]ccc3c2)CC1. The highest BCUT2D eigenvalue weighted by Crippen LogP contribution is 2.31. The molecule has 9 heteroatoms. The first kappa shape index (κ1) is 21.2. The summed E-state index contributed by atoms with van der Waals surface area (Å²) in [5, 5.41) is 3.85. The number of piperazine rings is 1. The van der Waals surface area contributed by atoms with E-state index in [4.69, 9.17) is 0 Å². The van der Waals surface area contributed by atoms with Crippen molar-refractivity contribution >= 4 is 28.3 Å². The van der Waals surface area contributed by atoms with E-state index in [1.165, 1.54) is 6.07 Å². The molecule has 4 rings (SSSR count). The summed E-state index contributed by atoms with van der Waals surface area (Å²) in [6.45, 7) is 2.69. The van der Waals surface area contributed by atoms with Crippen LogP contribution in [0.2, 0.25) is 0 Å². The number of H-pyrrole nitrogens is 1. The van der Waals surface area contributed by atoms with Crippen LogP contribution in [0.25, 0.3) is 10.9 Å². The first-order chi connectivity index (χ1) is 14.8. The second-order valence-electron chi connectivity index (χ2n) is 7.80. The normalized spacial score (nSPS) is 15.4. The van der Waals surface area contributed by atoms with Crippen LogP contribution in [-0.4, -0.2) is 54.0 Å². The Morgan fingerprint density at radius 1 is 1.13 bits per heavy atom. The number of benzene rings is 1. The molecular weight excluding hydrogens is 407 g/mol. The van der Waals surface area contributed by atoms with Crippen molar-refractivity contribution in [2.45, 2.75) is 19.0 Å². The molecule has 1 aliphatic rings. The number of pyridine rings is 1. The molecule has 3 aromatic rings. The third-order valence-electron chi connectivity index (χ3n) is 5.51. The molecule has 0 unspecified atom stereocenters. The van der Waals surface area contributed by atoms with Gasteiger partial charge in [0.2, 0.25) is 5.91 Å². The molecule has 1 saturated heterocycles. The van der Waals surface area contributed by atoms with Crippen molar-refractivity contribution in [1.29, 1.82) is 0 Å². The maximum Gasteiger partial charge on any atom is 0.433 e. The van der Waals surface area contributed by atoms with E-state index in [0.717, 1.165) is 30.1 Å². The zero-order valence-corrected chi connectivity index (χ0v) is 17.2. The Hall–Kier alpha value is -3.07. The fraction of sp³-hybridized carbons (Fsp3) is 0.364. The quantitative estimate of drug-likeness (QED) is 0.643. The monoisotopic (exact) mass is 431 g/mol. The number of aryl methyl sites for hydroxylation is 1. The number of aromatic nitrogens is 2. The van der Waals surface area contributed by atoms with Crippen LogP contribution in [0, 0.1) is 0 Å². The summed E-state index contributed by atoms with van der Waals surface area (Å²) in [6, 6.07) is 9.93.